The Hall–Kier alpha value is -2.77. The number of aromatic nitrogens is 2. The summed E-state index contributed by atoms with van der Waals surface area (Å²) in [6.45, 7) is 3.31. The standard InChI is InChI=1S/C22H21ClN4O2S/c1-14-7-9-15(10-8-14)22(29)27-11-3-4-16(13-27)20-25-26-21(30-20)19(28)24-18-6-2-5-17(23)12-18/h2,5-10,12,16H,3-4,11,13H2,1H3,(H,24,28)/t16-/m1/s1. The van der Waals surface area contributed by atoms with Gasteiger partial charge in [-0.15, -0.1) is 10.2 Å². The van der Waals surface area contributed by atoms with Gasteiger partial charge in [-0.05, 0) is 50.1 Å². The molecular weight excluding hydrogens is 420 g/mol. The first kappa shape index (κ1) is 20.5. The van der Waals surface area contributed by atoms with Crippen molar-refractivity contribution in [1.82, 2.24) is 15.1 Å². The van der Waals surface area contributed by atoms with Gasteiger partial charge in [0.25, 0.3) is 11.8 Å². The quantitative estimate of drug-likeness (QED) is 0.633. The van der Waals surface area contributed by atoms with Gasteiger partial charge in [0, 0.05) is 35.3 Å². The number of carbonyl (C=O) groups excluding carboxylic acids is 2. The number of aryl methyl sites for hydroxylation is 1. The molecule has 1 fully saturated rings. The van der Waals surface area contributed by atoms with Gasteiger partial charge in [-0.2, -0.15) is 0 Å². The van der Waals surface area contributed by atoms with Crippen LogP contribution in [0.25, 0.3) is 0 Å². The number of amides is 2. The zero-order valence-electron chi connectivity index (χ0n) is 16.5. The van der Waals surface area contributed by atoms with Crippen molar-refractivity contribution in [2.45, 2.75) is 25.7 Å². The normalized spacial score (nSPS) is 16.3. The summed E-state index contributed by atoms with van der Waals surface area (Å²) in [7, 11) is 0. The molecule has 0 unspecified atom stereocenters. The number of piperidine rings is 1. The summed E-state index contributed by atoms with van der Waals surface area (Å²) in [5.41, 5.74) is 2.43. The summed E-state index contributed by atoms with van der Waals surface area (Å²) in [6, 6.07) is 14.6. The van der Waals surface area contributed by atoms with Crippen LogP contribution in [0.5, 0.6) is 0 Å². The fourth-order valence-corrected chi connectivity index (χ4v) is 4.54. The lowest BCUT2D eigenvalue weighted by Gasteiger charge is -2.31. The van der Waals surface area contributed by atoms with Crippen LogP contribution in [0.3, 0.4) is 0 Å². The molecule has 2 heterocycles. The number of likely N-dealkylation sites (tertiary alicyclic amines) is 1. The third-order valence-electron chi connectivity index (χ3n) is 5.07. The van der Waals surface area contributed by atoms with Gasteiger partial charge in [0.2, 0.25) is 5.01 Å². The Morgan fingerprint density at radius 3 is 2.73 bits per heavy atom. The number of nitrogens with one attached hydrogen (secondary N) is 1. The molecule has 154 valence electrons. The first-order chi connectivity index (χ1) is 14.5. The van der Waals surface area contributed by atoms with E-state index in [4.69, 9.17) is 11.6 Å². The predicted molar refractivity (Wildman–Crippen MR) is 118 cm³/mol. The van der Waals surface area contributed by atoms with Crippen LogP contribution in [0.4, 0.5) is 5.69 Å². The van der Waals surface area contributed by atoms with Crippen LogP contribution in [0.1, 0.15) is 49.5 Å². The van der Waals surface area contributed by atoms with Crippen molar-refractivity contribution >= 4 is 40.4 Å². The van der Waals surface area contributed by atoms with E-state index in [9.17, 15) is 9.59 Å². The molecule has 0 aliphatic carbocycles. The highest BCUT2D eigenvalue weighted by molar-refractivity contribution is 7.13. The van der Waals surface area contributed by atoms with Gasteiger partial charge in [0.15, 0.2) is 0 Å². The fourth-order valence-electron chi connectivity index (χ4n) is 3.48. The van der Waals surface area contributed by atoms with Crippen molar-refractivity contribution in [3.05, 3.63) is 74.7 Å². The molecule has 1 aliphatic rings. The van der Waals surface area contributed by atoms with Gasteiger partial charge >= 0.3 is 0 Å². The maximum Gasteiger partial charge on any atom is 0.286 e. The van der Waals surface area contributed by atoms with Crippen LogP contribution in [0.15, 0.2) is 48.5 Å². The molecule has 6 nitrogen and oxygen atoms in total. The van der Waals surface area contributed by atoms with Gasteiger partial charge in [0.05, 0.1) is 0 Å². The predicted octanol–water partition coefficient (Wildman–Crippen LogP) is 4.77. The zero-order valence-corrected chi connectivity index (χ0v) is 18.0. The highest BCUT2D eigenvalue weighted by atomic mass is 35.5. The molecule has 3 aromatic rings. The van der Waals surface area contributed by atoms with Crippen molar-refractivity contribution in [2.75, 3.05) is 18.4 Å². The van der Waals surface area contributed by atoms with E-state index in [1.807, 2.05) is 36.1 Å². The number of hydrogen-bond acceptors (Lipinski definition) is 5. The second-order valence-electron chi connectivity index (χ2n) is 7.37. The largest absolute Gasteiger partial charge is 0.338 e. The number of carbonyl (C=O) groups is 2. The van der Waals surface area contributed by atoms with Crippen molar-refractivity contribution in [1.29, 1.82) is 0 Å². The summed E-state index contributed by atoms with van der Waals surface area (Å²) in [5.74, 6) is -0.203. The van der Waals surface area contributed by atoms with E-state index < -0.39 is 0 Å². The molecule has 1 saturated heterocycles. The SMILES string of the molecule is Cc1ccc(C(=O)N2CCC[C@@H](c3nnc(C(=O)Nc4cccc(Cl)c4)s3)C2)cc1. The van der Waals surface area contributed by atoms with Gasteiger partial charge in [-0.3, -0.25) is 9.59 Å². The highest BCUT2D eigenvalue weighted by Gasteiger charge is 2.28. The van der Waals surface area contributed by atoms with Crippen LogP contribution < -0.4 is 5.32 Å². The summed E-state index contributed by atoms with van der Waals surface area (Å²) >= 11 is 7.24. The second-order valence-corrected chi connectivity index (χ2v) is 8.81. The molecule has 1 atom stereocenters. The van der Waals surface area contributed by atoms with E-state index in [0.29, 0.717) is 27.8 Å². The van der Waals surface area contributed by atoms with E-state index in [1.165, 1.54) is 11.3 Å². The molecule has 8 heteroatoms. The van der Waals surface area contributed by atoms with E-state index in [-0.39, 0.29) is 17.7 Å². The van der Waals surface area contributed by atoms with Gasteiger partial charge in [-0.25, -0.2) is 0 Å². The minimum atomic E-state index is -0.315. The first-order valence-electron chi connectivity index (χ1n) is 9.76. The van der Waals surface area contributed by atoms with E-state index in [1.54, 1.807) is 24.3 Å². The Kier molecular flexibility index (Phi) is 6.11. The van der Waals surface area contributed by atoms with Crippen LogP contribution in [-0.4, -0.2) is 40.0 Å². The smallest absolute Gasteiger partial charge is 0.286 e. The van der Waals surface area contributed by atoms with Crippen LogP contribution in [0.2, 0.25) is 5.02 Å². The number of anilines is 1. The van der Waals surface area contributed by atoms with Crippen molar-refractivity contribution in [2.24, 2.45) is 0 Å². The molecule has 1 aliphatic heterocycles. The van der Waals surface area contributed by atoms with Gasteiger partial charge in [0.1, 0.15) is 5.01 Å². The minimum absolute atomic E-state index is 0.0307. The maximum absolute atomic E-state index is 12.9. The maximum atomic E-state index is 12.9. The molecule has 2 amide bonds. The number of benzene rings is 2. The van der Waals surface area contributed by atoms with E-state index >= 15 is 0 Å². The number of rotatable bonds is 4. The molecule has 0 saturated carbocycles. The Balaban J connectivity index is 1.43. The third-order valence-corrected chi connectivity index (χ3v) is 6.39. The summed E-state index contributed by atoms with van der Waals surface area (Å²) < 4.78 is 0. The molecule has 0 spiro atoms. The Bertz CT molecular complexity index is 1070. The molecule has 0 radical (unpaired) electrons. The fraction of sp³-hybridized carbons (Fsp3) is 0.273. The molecule has 4 rings (SSSR count). The average molecular weight is 441 g/mol. The second kappa shape index (κ2) is 8.93. The monoisotopic (exact) mass is 440 g/mol. The summed E-state index contributed by atoms with van der Waals surface area (Å²) in [4.78, 5) is 27.2. The Morgan fingerprint density at radius 2 is 1.97 bits per heavy atom. The van der Waals surface area contributed by atoms with Crippen molar-refractivity contribution < 1.29 is 9.59 Å². The van der Waals surface area contributed by atoms with Crippen LogP contribution in [-0.2, 0) is 0 Å². The average Bonchev–Trinajstić information content (AvgIpc) is 3.24. The van der Waals surface area contributed by atoms with E-state index in [2.05, 4.69) is 15.5 Å². The number of hydrogen-bond donors (Lipinski definition) is 1. The Morgan fingerprint density at radius 1 is 1.17 bits per heavy atom. The van der Waals surface area contributed by atoms with Crippen molar-refractivity contribution in [3.8, 4) is 0 Å². The highest BCUT2D eigenvalue weighted by Crippen LogP contribution is 2.30. The molecular formula is C22H21ClN4O2S. The van der Waals surface area contributed by atoms with Gasteiger partial charge < -0.3 is 10.2 Å². The molecule has 30 heavy (non-hydrogen) atoms. The first-order valence-corrected chi connectivity index (χ1v) is 11.0. The summed E-state index contributed by atoms with van der Waals surface area (Å²) in [6.07, 6.45) is 1.81. The lowest BCUT2D eigenvalue weighted by molar-refractivity contribution is 0.0706. The molecule has 1 N–H and O–H groups in total. The van der Waals surface area contributed by atoms with Crippen LogP contribution in [0, 0.1) is 6.92 Å². The number of nitrogens with zero attached hydrogens (tertiary/aromatic N) is 3. The molecule has 1 aromatic heterocycles. The topological polar surface area (TPSA) is 75.2 Å². The lowest BCUT2D eigenvalue weighted by atomic mass is 9.98. The van der Waals surface area contributed by atoms with E-state index in [0.717, 1.165) is 30.0 Å². The minimum Gasteiger partial charge on any atom is -0.338 e. The Labute approximate surface area is 183 Å². The van der Waals surface area contributed by atoms with Gasteiger partial charge in [-0.1, -0.05) is 46.7 Å². The molecule has 0 bridgehead atoms. The summed E-state index contributed by atoms with van der Waals surface area (Å²) in [5, 5.41) is 12.7. The zero-order chi connectivity index (χ0) is 21.1. The number of halogens is 1. The van der Waals surface area contributed by atoms with Crippen LogP contribution >= 0.6 is 22.9 Å². The molecule has 2 aromatic carbocycles. The van der Waals surface area contributed by atoms with Crippen molar-refractivity contribution in [3.63, 3.8) is 0 Å². The third kappa shape index (κ3) is 4.68. The lowest BCUT2D eigenvalue weighted by Crippen LogP contribution is -2.39.